The Balaban J connectivity index is 1.26. The lowest BCUT2D eigenvalue weighted by atomic mass is 9.54. The average Bonchev–Trinajstić information content (AvgIpc) is 2.59. The highest BCUT2D eigenvalue weighted by atomic mass is 19.1. The van der Waals surface area contributed by atoms with Crippen molar-refractivity contribution in [3.63, 3.8) is 0 Å². The first-order valence-corrected chi connectivity index (χ1v) is 10.3. The zero-order valence-electron chi connectivity index (χ0n) is 16.2. The van der Waals surface area contributed by atoms with E-state index in [4.69, 9.17) is 4.74 Å². The standard InChI is InChI=1S/C24H26FNO2/c1-15-6-20(11-21(25)7-15)19-2-4-22(5-3-19)26-23(27)28-24-12-16-8-17(13-24)10-18(9-16)14-24/h2-7,11,16-18H,8-10,12-14H2,1H3,(H,26,27). The van der Waals surface area contributed by atoms with E-state index in [2.05, 4.69) is 5.32 Å². The van der Waals surface area contributed by atoms with Gasteiger partial charge >= 0.3 is 6.09 Å². The fourth-order valence-electron chi connectivity index (χ4n) is 6.15. The fraction of sp³-hybridized carbons (Fsp3) is 0.458. The highest BCUT2D eigenvalue weighted by Crippen LogP contribution is 2.57. The van der Waals surface area contributed by atoms with Crippen LogP contribution in [0.25, 0.3) is 11.1 Å². The Hall–Kier alpha value is -2.36. The van der Waals surface area contributed by atoms with Crippen molar-refractivity contribution in [3.8, 4) is 11.1 Å². The number of hydrogen-bond acceptors (Lipinski definition) is 2. The molecule has 0 spiro atoms. The van der Waals surface area contributed by atoms with Crippen molar-refractivity contribution in [1.82, 2.24) is 0 Å². The second-order valence-corrected chi connectivity index (χ2v) is 9.21. The predicted octanol–water partition coefficient (Wildman–Crippen LogP) is 6.32. The van der Waals surface area contributed by atoms with E-state index >= 15 is 0 Å². The van der Waals surface area contributed by atoms with Crippen molar-refractivity contribution in [2.75, 3.05) is 5.32 Å². The summed E-state index contributed by atoms with van der Waals surface area (Å²) in [4.78, 5) is 12.6. The molecule has 1 N–H and O–H groups in total. The largest absolute Gasteiger partial charge is 0.443 e. The first-order valence-electron chi connectivity index (χ1n) is 10.3. The Kier molecular flexibility index (Phi) is 4.18. The summed E-state index contributed by atoms with van der Waals surface area (Å²) in [6, 6.07) is 12.5. The van der Waals surface area contributed by atoms with E-state index in [-0.39, 0.29) is 17.5 Å². The van der Waals surface area contributed by atoms with Crippen molar-refractivity contribution in [3.05, 3.63) is 53.8 Å². The van der Waals surface area contributed by atoms with Crippen LogP contribution < -0.4 is 5.32 Å². The van der Waals surface area contributed by atoms with Crippen molar-refractivity contribution >= 4 is 11.8 Å². The van der Waals surface area contributed by atoms with Crippen LogP contribution in [0, 0.1) is 30.5 Å². The Morgan fingerprint density at radius 1 is 0.964 bits per heavy atom. The number of halogens is 1. The van der Waals surface area contributed by atoms with Crippen molar-refractivity contribution in [2.24, 2.45) is 17.8 Å². The maximum Gasteiger partial charge on any atom is 0.412 e. The minimum atomic E-state index is -0.351. The number of rotatable bonds is 3. The van der Waals surface area contributed by atoms with Crippen LogP contribution in [0.5, 0.6) is 0 Å². The van der Waals surface area contributed by atoms with Crippen LogP contribution in [-0.2, 0) is 4.74 Å². The Morgan fingerprint density at radius 2 is 1.57 bits per heavy atom. The van der Waals surface area contributed by atoms with Gasteiger partial charge in [-0.15, -0.1) is 0 Å². The number of hydrogen-bond donors (Lipinski definition) is 1. The molecule has 6 rings (SSSR count). The van der Waals surface area contributed by atoms with E-state index in [1.807, 2.05) is 37.3 Å². The molecule has 4 aliphatic carbocycles. The van der Waals surface area contributed by atoms with Gasteiger partial charge in [-0.3, -0.25) is 5.32 Å². The highest BCUT2D eigenvalue weighted by Gasteiger charge is 2.53. The van der Waals surface area contributed by atoms with Crippen molar-refractivity contribution < 1.29 is 13.9 Å². The summed E-state index contributed by atoms with van der Waals surface area (Å²) in [5.74, 6) is 1.99. The van der Waals surface area contributed by atoms with Gasteiger partial charge in [-0.1, -0.05) is 18.2 Å². The number of nitrogens with one attached hydrogen (secondary N) is 1. The van der Waals surface area contributed by atoms with Gasteiger partial charge in [0.25, 0.3) is 0 Å². The lowest BCUT2D eigenvalue weighted by Crippen LogP contribution is -2.53. The Morgan fingerprint density at radius 3 is 2.14 bits per heavy atom. The lowest BCUT2D eigenvalue weighted by molar-refractivity contribution is -0.124. The van der Waals surface area contributed by atoms with Crippen LogP contribution in [0.4, 0.5) is 14.9 Å². The minimum absolute atomic E-state index is 0.238. The molecule has 2 aromatic carbocycles. The molecule has 0 saturated heterocycles. The molecule has 146 valence electrons. The summed E-state index contributed by atoms with van der Waals surface area (Å²) in [5.41, 5.74) is 3.10. The number of carbonyl (C=O) groups is 1. The van der Waals surface area contributed by atoms with E-state index in [0.29, 0.717) is 5.69 Å². The number of anilines is 1. The normalized spacial score (nSPS) is 30.3. The lowest BCUT2D eigenvalue weighted by Gasteiger charge is -2.55. The van der Waals surface area contributed by atoms with Crippen LogP contribution in [-0.4, -0.2) is 11.7 Å². The zero-order chi connectivity index (χ0) is 19.3. The first-order chi connectivity index (χ1) is 13.5. The Labute approximate surface area is 165 Å². The molecule has 4 heteroatoms. The molecule has 0 aliphatic heterocycles. The monoisotopic (exact) mass is 379 g/mol. The molecule has 0 unspecified atom stereocenters. The molecule has 4 saturated carbocycles. The molecule has 0 atom stereocenters. The summed E-state index contributed by atoms with van der Waals surface area (Å²) in [6.07, 6.45) is 6.72. The topological polar surface area (TPSA) is 38.3 Å². The maximum absolute atomic E-state index is 13.6. The number of aryl methyl sites for hydroxylation is 1. The second-order valence-electron chi connectivity index (χ2n) is 9.21. The summed E-state index contributed by atoms with van der Waals surface area (Å²) < 4.78 is 19.6. The smallest absolute Gasteiger partial charge is 0.412 e. The molecule has 28 heavy (non-hydrogen) atoms. The minimum Gasteiger partial charge on any atom is -0.443 e. The van der Waals surface area contributed by atoms with E-state index in [1.54, 1.807) is 0 Å². The van der Waals surface area contributed by atoms with Gasteiger partial charge in [-0.25, -0.2) is 9.18 Å². The van der Waals surface area contributed by atoms with E-state index in [9.17, 15) is 9.18 Å². The molecule has 1 amide bonds. The van der Waals surface area contributed by atoms with Gasteiger partial charge in [0.05, 0.1) is 0 Å². The third-order valence-corrected chi connectivity index (χ3v) is 6.80. The van der Waals surface area contributed by atoms with Crippen LogP contribution in [0.3, 0.4) is 0 Å². The fourth-order valence-corrected chi connectivity index (χ4v) is 6.15. The second kappa shape index (κ2) is 6.61. The maximum atomic E-state index is 13.6. The molecule has 0 radical (unpaired) electrons. The van der Waals surface area contributed by atoms with Gasteiger partial charge in [0.1, 0.15) is 11.4 Å². The molecule has 0 aromatic heterocycles. The molecule has 2 aromatic rings. The van der Waals surface area contributed by atoms with Crippen molar-refractivity contribution in [1.29, 1.82) is 0 Å². The zero-order valence-corrected chi connectivity index (χ0v) is 16.2. The molecule has 4 bridgehead atoms. The number of amides is 1. The average molecular weight is 379 g/mol. The van der Waals surface area contributed by atoms with Crippen LogP contribution in [0.15, 0.2) is 42.5 Å². The van der Waals surface area contributed by atoms with Crippen LogP contribution >= 0.6 is 0 Å². The quantitative estimate of drug-likeness (QED) is 0.678. The number of ether oxygens (including phenoxy) is 1. The number of carbonyl (C=O) groups excluding carboxylic acids is 1. The van der Waals surface area contributed by atoms with Gasteiger partial charge in [-0.2, -0.15) is 0 Å². The van der Waals surface area contributed by atoms with E-state index in [0.717, 1.165) is 53.7 Å². The predicted molar refractivity (Wildman–Crippen MR) is 108 cm³/mol. The van der Waals surface area contributed by atoms with E-state index < -0.39 is 0 Å². The van der Waals surface area contributed by atoms with Gasteiger partial charge < -0.3 is 4.74 Å². The molecular weight excluding hydrogens is 353 g/mol. The molecule has 3 nitrogen and oxygen atoms in total. The van der Waals surface area contributed by atoms with Gasteiger partial charge in [0, 0.05) is 5.69 Å². The third kappa shape index (κ3) is 3.41. The molecule has 4 aliphatic rings. The SMILES string of the molecule is Cc1cc(F)cc(-c2ccc(NC(=O)OC34CC5CC(CC(C5)C3)C4)cc2)c1. The number of benzene rings is 2. The van der Waals surface area contributed by atoms with Gasteiger partial charge in [0.15, 0.2) is 0 Å². The Bertz CT molecular complexity index is 850. The summed E-state index contributed by atoms with van der Waals surface area (Å²) in [5, 5.41) is 2.88. The molecule has 0 heterocycles. The van der Waals surface area contributed by atoms with Crippen molar-refractivity contribution in [2.45, 2.75) is 51.0 Å². The van der Waals surface area contributed by atoms with Crippen LogP contribution in [0.2, 0.25) is 0 Å². The summed E-state index contributed by atoms with van der Waals surface area (Å²) in [6.45, 7) is 1.88. The van der Waals surface area contributed by atoms with E-state index in [1.165, 1.54) is 31.4 Å². The molecule has 4 fully saturated rings. The third-order valence-electron chi connectivity index (χ3n) is 6.80. The molecular formula is C24H26FNO2. The highest BCUT2D eigenvalue weighted by molar-refractivity contribution is 5.85. The van der Waals surface area contributed by atoms with Crippen LogP contribution in [0.1, 0.15) is 44.1 Å². The van der Waals surface area contributed by atoms with Gasteiger partial charge in [0.2, 0.25) is 0 Å². The summed E-state index contributed by atoms with van der Waals surface area (Å²) in [7, 11) is 0. The van der Waals surface area contributed by atoms with Gasteiger partial charge in [-0.05, 0) is 104 Å². The summed E-state index contributed by atoms with van der Waals surface area (Å²) >= 11 is 0. The first kappa shape index (κ1) is 17.7.